The summed E-state index contributed by atoms with van der Waals surface area (Å²) in [5.74, 6) is -1.80. The van der Waals surface area contributed by atoms with Gasteiger partial charge in [-0.15, -0.1) is 0 Å². The topological polar surface area (TPSA) is 78.5 Å². The van der Waals surface area contributed by atoms with Crippen molar-refractivity contribution in [1.82, 2.24) is 10.6 Å². The van der Waals surface area contributed by atoms with Gasteiger partial charge < -0.3 is 15.5 Å². The van der Waals surface area contributed by atoms with E-state index < -0.39 is 17.9 Å². The highest BCUT2D eigenvalue weighted by atomic mass is 16.2. The van der Waals surface area contributed by atoms with Crippen LogP contribution in [0.4, 0.5) is 5.69 Å². The molecule has 6 heteroatoms. The highest BCUT2D eigenvalue weighted by Gasteiger charge is 2.38. The van der Waals surface area contributed by atoms with Crippen LogP contribution < -0.4 is 15.5 Å². The monoisotopic (exact) mass is 351 g/mol. The van der Waals surface area contributed by atoms with Crippen LogP contribution in [0.2, 0.25) is 0 Å². The van der Waals surface area contributed by atoms with E-state index in [0.717, 1.165) is 11.3 Å². The number of benzene rings is 2. The van der Waals surface area contributed by atoms with Gasteiger partial charge in [0.05, 0.1) is 6.54 Å². The predicted octanol–water partition coefficient (Wildman–Crippen LogP) is 1.92. The molecule has 2 aromatic rings. The van der Waals surface area contributed by atoms with E-state index in [0.29, 0.717) is 12.1 Å². The first-order valence-corrected chi connectivity index (χ1v) is 8.53. The Hall–Kier alpha value is -3.15. The van der Waals surface area contributed by atoms with E-state index in [9.17, 15) is 14.4 Å². The molecule has 1 heterocycles. The molecule has 2 aromatic carbocycles. The standard InChI is InChI=1S/C20H21N3O3/c1-13(2)21-18(24)19(25)22-17-15-10-6-7-11-16(15)23(20(17)26)12-14-8-4-3-5-9-14/h3-11,13,17H,12H2,1-2H3,(H,21,24)(H,22,25)/t17-/m1/s1. The number of carbonyl (C=O) groups is 3. The second-order valence-corrected chi connectivity index (χ2v) is 6.50. The van der Waals surface area contributed by atoms with Gasteiger partial charge in [0.15, 0.2) is 0 Å². The number of nitrogens with zero attached hydrogens (tertiary/aromatic N) is 1. The number of para-hydroxylation sites is 1. The van der Waals surface area contributed by atoms with Crippen LogP contribution in [0.1, 0.15) is 31.0 Å². The first-order chi connectivity index (χ1) is 12.5. The van der Waals surface area contributed by atoms with E-state index in [1.54, 1.807) is 24.8 Å². The maximum absolute atomic E-state index is 12.9. The third-order valence-corrected chi connectivity index (χ3v) is 4.14. The Labute approximate surface area is 152 Å². The Bertz CT molecular complexity index is 833. The summed E-state index contributed by atoms with van der Waals surface area (Å²) in [5, 5.41) is 5.09. The van der Waals surface area contributed by atoms with E-state index >= 15 is 0 Å². The molecule has 0 fully saturated rings. The number of amides is 3. The molecular formula is C20H21N3O3. The molecule has 0 saturated heterocycles. The maximum atomic E-state index is 12.9. The molecular weight excluding hydrogens is 330 g/mol. The van der Waals surface area contributed by atoms with Crippen molar-refractivity contribution >= 4 is 23.4 Å². The molecule has 0 unspecified atom stereocenters. The highest BCUT2D eigenvalue weighted by Crippen LogP contribution is 2.36. The minimum atomic E-state index is -0.861. The third-order valence-electron chi connectivity index (χ3n) is 4.14. The fourth-order valence-electron chi connectivity index (χ4n) is 2.98. The number of hydrogen-bond donors (Lipinski definition) is 2. The molecule has 2 N–H and O–H groups in total. The van der Waals surface area contributed by atoms with Gasteiger partial charge in [0.25, 0.3) is 5.91 Å². The van der Waals surface area contributed by atoms with Gasteiger partial charge >= 0.3 is 11.8 Å². The lowest BCUT2D eigenvalue weighted by molar-refractivity contribution is -0.140. The molecule has 3 rings (SSSR count). The largest absolute Gasteiger partial charge is 0.346 e. The Balaban J connectivity index is 1.83. The summed E-state index contributed by atoms with van der Waals surface area (Å²) in [6.45, 7) is 3.94. The van der Waals surface area contributed by atoms with E-state index in [1.165, 1.54) is 0 Å². The molecule has 0 radical (unpaired) electrons. The van der Waals surface area contributed by atoms with E-state index in [1.807, 2.05) is 48.5 Å². The van der Waals surface area contributed by atoms with Gasteiger partial charge in [-0.05, 0) is 25.5 Å². The Morgan fingerprint density at radius 1 is 1.00 bits per heavy atom. The summed E-state index contributed by atoms with van der Waals surface area (Å²) in [5.41, 5.74) is 2.43. The number of carbonyl (C=O) groups excluding carboxylic acids is 3. The number of rotatable bonds is 4. The molecule has 134 valence electrons. The van der Waals surface area contributed by atoms with Crippen LogP contribution in [-0.4, -0.2) is 23.8 Å². The van der Waals surface area contributed by atoms with Crippen LogP contribution in [0.5, 0.6) is 0 Å². The second kappa shape index (κ2) is 7.39. The highest BCUT2D eigenvalue weighted by molar-refractivity contribution is 6.35. The predicted molar refractivity (Wildman–Crippen MR) is 98.2 cm³/mol. The number of hydrogen-bond acceptors (Lipinski definition) is 3. The normalized spacial score (nSPS) is 15.7. The van der Waals surface area contributed by atoms with E-state index in [-0.39, 0.29) is 11.9 Å². The molecule has 0 saturated carbocycles. The molecule has 26 heavy (non-hydrogen) atoms. The van der Waals surface area contributed by atoms with Gasteiger partial charge in [-0.25, -0.2) is 0 Å². The van der Waals surface area contributed by atoms with Crippen LogP contribution in [0, 0.1) is 0 Å². The van der Waals surface area contributed by atoms with Gasteiger partial charge in [0.2, 0.25) is 0 Å². The van der Waals surface area contributed by atoms with Gasteiger partial charge in [-0.1, -0.05) is 48.5 Å². The number of fused-ring (bicyclic) bond motifs is 1. The quantitative estimate of drug-likeness (QED) is 0.826. The zero-order valence-corrected chi connectivity index (χ0v) is 14.7. The van der Waals surface area contributed by atoms with Crippen molar-refractivity contribution in [1.29, 1.82) is 0 Å². The maximum Gasteiger partial charge on any atom is 0.310 e. The molecule has 0 aromatic heterocycles. The van der Waals surface area contributed by atoms with Crippen molar-refractivity contribution in [2.45, 2.75) is 32.5 Å². The summed E-state index contributed by atoms with van der Waals surface area (Å²) in [4.78, 5) is 38.6. The lowest BCUT2D eigenvalue weighted by Gasteiger charge is -2.18. The number of nitrogens with one attached hydrogen (secondary N) is 2. The summed E-state index contributed by atoms with van der Waals surface area (Å²) < 4.78 is 0. The SMILES string of the molecule is CC(C)NC(=O)C(=O)N[C@H]1C(=O)N(Cc2ccccc2)c2ccccc21. The Morgan fingerprint density at radius 2 is 1.65 bits per heavy atom. The minimum Gasteiger partial charge on any atom is -0.346 e. The first kappa shape index (κ1) is 17.7. The Kier molecular flexibility index (Phi) is 5.02. The van der Waals surface area contributed by atoms with Crippen molar-refractivity contribution in [2.24, 2.45) is 0 Å². The summed E-state index contributed by atoms with van der Waals surface area (Å²) in [7, 11) is 0. The summed E-state index contributed by atoms with van der Waals surface area (Å²) >= 11 is 0. The third kappa shape index (κ3) is 3.59. The van der Waals surface area contributed by atoms with Crippen molar-refractivity contribution < 1.29 is 14.4 Å². The fraction of sp³-hybridized carbons (Fsp3) is 0.250. The minimum absolute atomic E-state index is 0.158. The molecule has 6 nitrogen and oxygen atoms in total. The average molecular weight is 351 g/mol. The zero-order chi connectivity index (χ0) is 18.7. The molecule has 0 aliphatic carbocycles. The van der Waals surface area contributed by atoms with Crippen molar-refractivity contribution in [2.75, 3.05) is 4.90 Å². The summed E-state index contributed by atoms with van der Waals surface area (Å²) in [6, 6.07) is 15.9. The average Bonchev–Trinajstić information content (AvgIpc) is 2.88. The molecule has 3 amide bonds. The van der Waals surface area contributed by atoms with Gasteiger partial charge in [-0.3, -0.25) is 14.4 Å². The Morgan fingerprint density at radius 3 is 2.35 bits per heavy atom. The zero-order valence-electron chi connectivity index (χ0n) is 14.7. The van der Waals surface area contributed by atoms with Gasteiger partial charge in [-0.2, -0.15) is 0 Å². The molecule has 1 aliphatic rings. The molecule has 1 aliphatic heterocycles. The van der Waals surface area contributed by atoms with Crippen LogP contribution in [0.25, 0.3) is 0 Å². The van der Waals surface area contributed by atoms with Crippen molar-refractivity contribution in [3.8, 4) is 0 Å². The molecule has 0 spiro atoms. The lowest BCUT2D eigenvalue weighted by Crippen LogP contribution is -2.46. The molecule has 1 atom stereocenters. The molecule has 0 bridgehead atoms. The van der Waals surface area contributed by atoms with Crippen molar-refractivity contribution in [3.05, 3.63) is 65.7 Å². The van der Waals surface area contributed by atoms with Crippen molar-refractivity contribution in [3.63, 3.8) is 0 Å². The summed E-state index contributed by atoms with van der Waals surface area (Å²) in [6.07, 6.45) is 0. The fourth-order valence-corrected chi connectivity index (χ4v) is 2.98. The van der Waals surface area contributed by atoms with Crippen LogP contribution in [0.3, 0.4) is 0 Å². The first-order valence-electron chi connectivity index (χ1n) is 8.53. The number of anilines is 1. The smallest absolute Gasteiger partial charge is 0.310 e. The van der Waals surface area contributed by atoms with Gasteiger partial charge in [0.1, 0.15) is 6.04 Å². The van der Waals surface area contributed by atoms with Crippen LogP contribution >= 0.6 is 0 Å². The second-order valence-electron chi connectivity index (χ2n) is 6.50. The van der Waals surface area contributed by atoms with Crippen LogP contribution in [0.15, 0.2) is 54.6 Å². The van der Waals surface area contributed by atoms with Gasteiger partial charge in [0, 0.05) is 17.3 Å². The lowest BCUT2D eigenvalue weighted by atomic mass is 10.1. The van der Waals surface area contributed by atoms with E-state index in [2.05, 4.69) is 10.6 Å². The van der Waals surface area contributed by atoms with E-state index in [4.69, 9.17) is 0 Å². The van der Waals surface area contributed by atoms with Crippen LogP contribution in [-0.2, 0) is 20.9 Å².